The molecular weight excluding hydrogens is 244 g/mol. The van der Waals surface area contributed by atoms with Crippen LogP contribution in [0.25, 0.3) is 0 Å². The van der Waals surface area contributed by atoms with Gasteiger partial charge in [-0.2, -0.15) is 5.10 Å². The Labute approximate surface area is 113 Å². The Morgan fingerprint density at radius 3 is 2.84 bits per heavy atom. The molecule has 1 aromatic heterocycles. The van der Waals surface area contributed by atoms with Gasteiger partial charge in [-0.3, -0.25) is 9.48 Å². The van der Waals surface area contributed by atoms with E-state index in [2.05, 4.69) is 10.4 Å². The van der Waals surface area contributed by atoms with Crippen LogP contribution in [0.1, 0.15) is 30.7 Å². The summed E-state index contributed by atoms with van der Waals surface area (Å²) in [6.45, 7) is 3.92. The van der Waals surface area contributed by atoms with Gasteiger partial charge in [0.2, 0.25) is 5.91 Å². The molecule has 106 valence electrons. The molecule has 1 amide bonds. The predicted octanol–water partition coefficient (Wildman–Crippen LogP) is 0.766. The summed E-state index contributed by atoms with van der Waals surface area (Å²) in [4.78, 5) is 12.0. The molecule has 6 nitrogen and oxygen atoms in total. The van der Waals surface area contributed by atoms with Gasteiger partial charge < -0.3 is 15.8 Å². The minimum absolute atomic E-state index is 0.0421. The van der Waals surface area contributed by atoms with Crippen LogP contribution in [0.2, 0.25) is 0 Å². The number of aryl methyl sites for hydroxylation is 1. The number of carbonyl (C=O) groups is 1. The molecule has 6 heteroatoms. The molecule has 1 aliphatic rings. The summed E-state index contributed by atoms with van der Waals surface area (Å²) in [6, 6.07) is 0.117. The van der Waals surface area contributed by atoms with Gasteiger partial charge >= 0.3 is 0 Å². The molecule has 1 fully saturated rings. The fourth-order valence-electron chi connectivity index (χ4n) is 2.63. The highest BCUT2D eigenvalue weighted by molar-refractivity contribution is 5.76. The van der Waals surface area contributed by atoms with Crippen molar-refractivity contribution in [2.24, 2.45) is 0 Å². The summed E-state index contributed by atoms with van der Waals surface area (Å²) in [7, 11) is 1.69. The molecule has 0 bridgehead atoms. The van der Waals surface area contributed by atoms with Gasteiger partial charge in [-0.15, -0.1) is 0 Å². The molecule has 0 aliphatic heterocycles. The fraction of sp³-hybridized carbons (Fsp3) is 0.692. The molecule has 1 saturated carbocycles. The molecular formula is C13H22N4O2. The summed E-state index contributed by atoms with van der Waals surface area (Å²) in [6.07, 6.45) is 3.21. The Kier molecular flexibility index (Phi) is 4.09. The summed E-state index contributed by atoms with van der Waals surface area (Å²) in [5.74, 6) is -0.0421. The lowest BCUT2D eigenvalue weighted by atomic mass is 10.2. The molecule has 2 atom stereocenters. The average molecular weight is 266 g/mol. The van der Waals surface area contributed by atoms with Crippen LogP contribution < -0.4 is 11.1 Å². The maximum Gasteiger partial charge on any atom is 0.242 e. The van der Waals surface area contributed by atoms with E-state index in [9.17, 15) is 4.79 Å². The second-order valence-electron chi connectivity index (χ2n) is 5.12. The Morgan fingerprint density at radius 1 is 1.53 bits per heavy atom. The van der Waals surface area contributed by atoms with E-state index < -0.39 is 0 Å². The van der Waals surface area contributed by atoms with Crippen LogP contribution >= 0.6 is 0 Å². The first-order chi connectivity index (χ1) is 9.02. The van der Waals surface area contributed by atoms with Crippen LogP contribution in [-0.2, 0) is 16.1 Å². The van der Waals surface area contributed by atoms with Crippen LogP contribution in [0.15, 0.2) is 0 Å². The van der Waals surface area contributed by atoms with Crippen LogP contribution in [0.5, 0.6) is 0 Å². The first kappa shape index (κ1) is 13.9. The van der Waals surface area contributed by atoms with Crippen molar-refractivity contribution < 1.29 is 9.53 Å². The third kappa shape index (κ3) is 2.89. The molecule has 0 radical (unpaired) electrons. The van der Waals surface area contributed by atoms with Crippen molar-refractivity contribution in [3.8, 4) is 0 Å². The number of amides is 1. The standard InChI is InChI=1S/C13H22N4O2/c1-8-13(14)9(2)17(16-8)7-12(18)15-10-5-4-6-11(10)19-3/h10-11H,4-7,14H2,1-3H3,(H,15,18). The van der Waals surface area contributed by atoms with Gasteiger partial charge in [-0.1, -0.05) is 0 Å². The van der Waals surface area contributed by atoms with Crippen molar-refractivity contribution in [1.29, 1.82) is 0 Å². The third-order valence-corrected chi connectivity index (χ3v) is 3.83. The first-order valence-electron chi connectivity index (χ1n) is 6.64. The normalized spacial score (nSPS) is 22.7. The largest absolute Gasteiger partial charge is 0.396 e. The van der Waals surface area contributed by atoms with Gasteiger partial charge in [-0.05, 0) is 33.1 Å². The number of nitrogens with zero attached hydrogens (tertiary/aromatic N) is 2. The topological polar surface area (TPSA) is 82.2 Å². The lowest BCUT2D eigenvalue weighted by molar-refractivity contribution is -0.123. The van der Waals surface area contributed by atoms with E-state index in [0.29, 0.717) is 5.69 Å². The number of anilines is 1. The third-order valence-electron chi connectivity index (χ3n) is 3.83. The number of nitrogen functional groups attached to an aromatic ring is 1. The maximum absolute atomic E-state index is 12.0. The second kappa shape index (κ2) is 5.61. The number of carbonyl (C=O) groups excluding carboxylic acids is 1. The zero-order valence-corrected chi connectivity index (χ0v) is 11.8. The molecule has 0 saturated heterocycles. The van der Waals surface area contributed by atoms with Gasteiger partial charge in [0.1, 0.15) is 6.54 Å². The van der Waals surface area contributed by atoms with Gasteiger partial charge in [0.25, 0.3) is 0 Å². The molecule has 3 N–H and O–H groups in total. The van der Waals surface area contributed by atoms with Crippen LogP contribution in [0, 0.1) is 13.8 Å². The average Bonchev–Trinajstić information content (AvgIpc) is 2.91. The van der Waals surface area contributed by atoms with Crippen LogP contribution in [0.4, 0.5) is 5.69 Å². The van der Waals surface area contributed by atoms with Gasteiger partial charge in [0, 0.05) is 7.11 Å². The molecule has 1 aliphatic carbocycles. The summed E-state index contributed by atoms with van der Waals surface area (Å²) in [5, 5.41) is 7.28. The number of rotatable bonds is 4. The minimum Gasteiger partial charge on any atom is -0.396 e. The number of hydrogen-bond acceptors (Lipinski definition) is 4. The molecule has 0 spiro atoms. The Balaban J connectivity index is 1.96. The highest BCUT2D eigenvalue weighted by Gasteiger charge is 2.28. The van der Waals surface area contributed by atoms with Crippen LogP contribution in [0.3, 0.4) is 0 Å². The maximum atomic E-state index is 12.0. The minimum atomic E-state index is -0.0421. The van der Waals surface area contributed by atoms with Gasteiger partial charge in [-0.25, -0.2) is 0 Å². The second-order valence-corrected chi connectivity index (χ2v) is 5.12. The molecule has 1 heterocycles. The lowest BCUT2D eigenvalue weighted by Gasteiger charge is -2.19. The van der Waals surface area contributed by atoms with Crippen molar-refractivity contribution in [2.75, 3.05) is 12.8 Å². The number of nitrogens with one attached hydrogen (secondary N) is 1. The molecule has 1 aromatic rings. The van der Waals surface area contributed by atoms with Crippen molar-refractivity contribution >= 4 is 11.6 Å². The van der Waals surface area contributed by atoms with Gasteiger partial charge in [0.05, 0.1) is 29.2 Å². The van der Waals surface area contributed by atoms with Crippen molar-refractivity contribution in [3.63, 3.8) is 0 Å². The number of aromatic nitrogens is 2. The zero-order chi connectivity index (χ0) is 14.0. The molecule has 2 rings (SSSR count). The van der Waals surface area contributed by atoms with Crippen molar-refractivity contribution in [2.45, 2.75) is 51.8 Å². The van der Waals surface area contributed by atoms with Crippen molar-refractivity contribution in [1.82, 2.24) is 15.1 Å². The first-order valence-corrected chi connectivity index (χ1v) is 6.64. The summed E-state index contributed by atoms with van der Waals surface area (Å²) >= 11 is 0. The fourth-order valence-corrected chi connectivity index (χ4v) is 2.63. The molecule has 19 heavy (non-hydrogen) atoms. The van der Waals surface area contributed by atoms with E-state index in [-0.39, 0.29) is 24.6 Å². The lowest BCUT2D eigenvalue weighted by Crippen LogP contribution is -2.42. The Bertz CT molecular complexity index is 469. The van der Waals surface area contributed by atoms with E-state index in [0.717, 1.165) is 30.7 Å². The highest BCUT2D eigenvalue weighted by Crippen LogP contribution is 2.21. The number of ether oxygens (including phenoxy) is 1. The van der Waals surface area contributed by atoms with Crippen LogP contribution in [-0.4, -0.2) is 34.9 Å². The monoisotopic (exact) mass is 266 g/mol. The molecule has 0 aromatic carbocycles. The Hall–Kier alpha value is -1.56. The predicted molar refractivity (Wildman–Crippen MR) is 72.7 cm³/mol. The number of nitrogens with two attached hydrogens (primary N) is 1. The smallest absolute Gasteiger partial charge is 0.242 e. The van der Waals surface area contributed by atoms with E-state index in [4.69, 9.17) is 10.5 Å². The van der Waals surface area contributed by atoms with Crippen molar-refractivity contribution in [3.05, 3.63) is 11.4 Å². The van der Waals surface area contributed by atoms with E-state index in [1.54, 1.807) is 11.8 Å². The highest BCUT2D eigenvalue weighted by atomic mass is 16.5. The van der Waals surface area contributed by atoms with E-state index in [1.165, 1.54) is 0 Å². The quantitative estimate of drug-likeness (QED) is 0.843. The Morgan fingerprint density at radius 2 is 2.26 bits per heavy atom. The van der Waals surface area contributed by atoms with E-state index >= 15 is 0 Å². The number of hydrogen-bond donors (Lipinski definition) is 2. The summed E-state index contributed by atoms with van der Waals surface area (Å²) in [5.41, 5.74) is 8.11. The summed E-state index contributed by atoms with van der Waals surface area (Å²) < 4.78 is 7.01. The number of methoxy groups -OCH3 is 1. The van der Waals surface area contributed by atoms with Gasteiger partial charge in [0.15, 0.2) is 0 Å². The SMILES string of the molecule is COC1CCCC1NC(=O)Cn1nc(C)c(N)c1C. The van der Waals surface area contributed by atoms with E-state index in [1.807, 2.05) is 13.8 Å². The zero-order valence-electron chi connectivity index (χ0n) is 11.8. The molecule has 2 unspecified atom stereocenters.